The van der Waals surface area contributed by atoms with Crippen molar-refractivity contribution in [3.63, 3.8) is 0 Å². The Balaban J connectivity index is 2.09. The molecule has 0 aliphatic heterocycles. The van der Waals surface area contributed by atoms with Crippen molar-refractivity contribution in [3.8, 4) is 0 Å². The van der Waals surface area contributed by atoms with Crippen LogP contribution in [0.15, 0.2) is 24.3 Å². The van der Waals surface area contributed by atoms with Crippen molar-refractivity contribution in [3.05, 3.63) is 35.4 Å². The van der Waals surface area contributed by atoms with Crippen molar-refractivity contribution < 1.29 is 4.79 Å². The molecule has 1 saturated carbocycles. The highest BCUT2D eigenvalue weighted by Gasteiger charge is 2.20. The van der Waals surface area contributed by atoms with Crippen LogP contribution < -0.4 is 5.32 Å². The average Bonchev–Trinajstić information content (AvgIpc) is 2.26. The van der Waals surface area contributed by atoms with Crippen LogP contribution in [-0.2, 0) is 0 Å². The maximum Gasteiger partial charge on any atom is 0.179 e. The van der Waals surface area contributed by atoms with E-state index in [2.05, 4.69) is 17.4 Å². The summed E-state index contributed by atoms with van der Waals surface area (Å²) in [5, 5.41) is 2.97. The van der Waals surface area contributed by atoms with E-state index >= 15 is 0 Å². The van der Waals surface area contributed by atoms with Crippen LogP contribution in [0.5, 0.6) is 0 Å². The summed E-state index contributed by atoms with van der Waals surface area (Å²) >= 11 is 0. The van der Waals surface area contributed by atoms with E-state index in [1.807, 2.05) is 26.1 Å². The molecular weight excluding hydrogens is 198 g/mol. The smallest absolute Gasteiger partial charge is 0.179 e. The van der Waals surface area contributed by atoms with Gasteiger partial charge < -0.3 is 5.32 Å². The average molecular weight is 217 g/mol. The topological polar surface area (TPSA) is 29.1 Å². The third-order valence-electron chi connectivity index (χ3n) is 3.60. The number of carbonyl (C=O) groups is 1. The van der Waals surface area contributed by atoms with Gasteiger partial charge in [-0.3, -0.25) is 4.79 Å². The first-order chi connectivity index (χ1) is 7.72. The lowest BCUT2D eigenvalue weighted by Crippen LogP contribution is -2.30. The van der Waals surface area contributed by atoms with Crippen LogP contribution in [0.4, 0.5) is 0 Å². The van der Waals surface area contributed by atoms with Crippen LogP contribution >= 0.6 is 0 Å². The highest BCUT2D eigenvalue weighted by molar-refractivity contribution is 5.99. The Bertz CT molecular complexity index is 365. The number of hydrogen-bond donors (Lipinski definition) is 1. The molecule has 0 saturated heterocycles. The second-order valence-electron chi connectivity index (χ2n) is 4.62. The lowest BCUT2D eigenvalue weighted by Gasteiger charge is -2.25. The number of benzene rings is 1. The van der Waals surface area contributed by atoms with Crippen LogP contribution in [0.3, 0.4) is 0 Å². The zero-order valence-electron chi connectivity index (χ0n) is 9.99. The van der Waals surface area contributed by atoms with E-state index in [9.17, 15) is 4.79 Å². The molecule has 16 heavy (non-hydrogen) atoms. The van der Waals surface area contributed by atoms with Crippen LogP contribution in [0, 0.1) is 0 Å². The summed E-state index contributed by atoms with van der Waals surface area (Å²) in [6.07, 6.45) is 3.96. The van der Waals surface area contributed by atoms with E-state index in [1.165, 1.54) is 24.8 Å². The van der Waals surface area contributed by atoms with E-state index in [-0.39, 0.29) is 11.8 Å². The Labute approximate surface area is 97.1 Å². The summed E-state index contributed by atoms with van der Waals surface area (Å²) in [6, 6.07) is 8.04. The second kappa shape index (κ2) is 4.79. The summed E-state index contributed by atoms with van der Waals surface area (Å²) < 4.78 is 0. The van der Waals surface area contributed by atoms with Gasteiger partial charge in [0.05, 0.1) is 6.04 Å². The van der Waals surface area contributed by atoms with Crippen LogP contribution in [0.25, 0.3) is 0 Å². The molecule has 1 aromatic rings. The molecule has 0 aromatic heterocycles. The van der Waals surface area contributed by atoms with Gasteiger partial charge in [-0.1, -0.05) is 30.7 Å². The zero-order chi connectivity index (χ0) is 11.5. The minimum absolute atomic E-state index is 0.102. The van der Waals surface area contributed by atoms with Crippen LogP contribution in [-0.4, -0.2) is 18.9 Å². The molecule has 1 aliphatic carbocycles. The lowest BCUT2D eigenvalue weighted by molar-refractivity contribution is 0.0955. The predicted octanol–water partition coefficient (Wildman–Crippen LogP) is 2.74. The minimum atomic E-state index is -0.102. The Morgan fingerprint density at radius 3 is 2.38 bits per heavy atom. The summed E-state index contributed by atoms with van der Waals surface area (Å²) in [4.78, 5) is 11.9. The molecule has 1 fully saturated rings. The van der Waals surface area contributed by atoms with Gasteiger partial charge >= 0.3 is 0 Å². The van der Waals surface area contributed by atoms with Gasteiger partial charge in [-0.2, -0.15) is 0 Å². The SMILES string of the molecule is CNC(C)C(=O)c1ccc(C2CCC2)cc1. The van der Waals surface area contributed by atoms with Gasteiger partial charge in [-0.25, -0.2) is 0 Å². The number of likely N-dealkylation sites (N-methyl/N-ethyl adjacent to an activating group) is 1. The number of nitrogens with one attached hydrogen (secondary N) is 1. The fourth-order valence-electron chi connectivity index (χ4n) is 2.04. The van der Waals surface area contributed by atoms with E-state index in [1.54, 1.807) is 0 Å². The van der Waals surface area contributed by atoms with Crippen molar-refractivity contribution in [1.82, 2.24) is 5.32 Å². The molecule has 2 rings (SSSR count). The number of ketones is 1. The van der Waals surface area contributed by atoms with E-state index < -0.39 is 0 Å². The molecule has 1 aliphatic rings. The first kappa shape index (κ1) is 11.3. The Morgan fingerprint density at radius 2 is 1.94 bits per heavy atom. The molecule has 86 valence electrons. The molecule has 0 radical (unpaired) electrons. The monoisotopic (exact) mass is 217 g/mol. The molecule has 0 spiro atoms. The first-order valence-electron chi connectivity index (χ1n) is 6.04. The zero-order valence-corrected chi connectivity index (χ0v) is 9.99. The van der Waals surface area contributed by atoms with Gasteiger partial charge in [-0.05, 0) is 38.3 Å². The molecule has 0 heterocycles. The Kier molecular flexibility index (Phi) is 3.39. The largest absolute Gasteiger partial charge is 0.310 e. The number of carbonyl (C=O) groups excluding carboxylic acids is 1. The lowest BCUT2D eigenvalue weighted by atomic mass is 9.80. The van der Waals surface area contributed by atoms with Crippen molar-refractivity contribution in [2.45, 2.75) is 38.1 Å². The molecule has 1 N–H and O–H groups in total. The van der Waals surface area contributed by atoms with E-state index in [0.717, 1.165) is 11.5 Å². The summed E-state index contributed by atoms with van der Waals surface area (Å²) in [5.41, 5.74) is 2.20. The molecule has 2 heteroatoms. The van der Waals surface area contributed by atoms with Gasteiger partial charge in [0.15, 0.2) is 5.78 Å². The Hall–Kier alpha value is -1.15. The minimum Gasteiger partial charge on any atom is -0.310 e. The molecule has 1 atom stereocenters. The van der Waals surface area contributed by atoms with Gasteiger partial charge in [-0.15, -0.1) is 0 Å². The summed E-state index contributed by atoms with van der Waals surface area (Å²) in [5.74, 6) is 0.911. The quantitative estimate of drug-likeness (QED) is 0.786. The molecule has 1 aromatic carbocycles. The number of rotatable bonds is 4. The third kappa shape index (κ3) is 2.17. The maximum absolute atomic E-state index is 11.9. The third-order valence-corrected chi connectivity index (χ3v) is 3.60. The molecule has 2 nitrogen and oxygen atoms in total. The van der Waals surface area contributed by atoms with Gasteiger partial charge in [0.2, 0.25) is 0 Å². The Morgan fingerprint density at radius 1 is 1.31 bits per heavy atom. The fraction of sp³-hybridized carbons (Fsp3) is 0.500. The van der Waals surface area contributed by atoms with E-state index in [4.69, 9.17) is 0 Å². The van der Waals surface area contributed by atoms with Gasteiger partial charge in [0, 0.05) is 5.56 Å². The first-order valence-corrected chi connectivity index (χ1v) is 6.04. The number of hydrogen-bond acceptors (Lipinski definition) is 2. The predicted molar refractivity (Wildman–Crippen MR) is 65.9 cm³/mol. The standard InChI is InChI=1S/C14H19NO/c1-10(15-2)14(16)13-8-6-12(7-9-13)11-4-3-5-11/h6-11,15H,3-5H2,1-2H3. The normalized spacial score (nSPS) is 17.9. The van der Waals surface area contributed by atoms with Crippen molar-refractivity contribution in [2.24, 2.45) is 0 Å². The van der Waals surface area contributed by atoms with Crippen molar-refractivity contribution in [1.29, 1.82) is 0 Å². The van der Waals surface area contributed by atoms with Gasteiger partial charge in [0.1, 0.15) is 0 Å². The number of Topliss-reactive ketones (excluding diaryl/α,β-unsaturated/α-hetero) is 1. The van der Waals surface area contributed by atoms with Gasteiger partial charge in [0.25, 0.3) is 0 Å². The molecule has 0 amide bonds. The van der Waals surface area contributed by atoms with Crippen LogP contribution in [0.2, 0.25) is 0 Å². The summed E-state index contributed by atoms with van der Waals surface area (Å²) in [6.45, 7) is 1.89. The van der Waals surface area contributed by atoms with Crippen molar-refractivity contribution in [2.75, 3.05) is 7.05 Å². The highest BCUT2D eigenvalue weighted by Crippen LogP contribution is 2.36. The van der Waals surface area contributed by atoms with Crippen LogP contribution in [0.1, 0.15) is 48.0 Å². The molecule has 1 unspecified atom stereocenters. The maximum atomic E-state index is 11.9. The van der Waals surface area contributed by atoms with Crippen molar-refractivity contribution >= 4 is 5.78 Å². The van der Waals surface area contributed by atoms with E-state index in [0.29, 0.717) is 0 Å². The second-order valence-corrected chi connectivity index (χ2v) is 4.62. The fourth-order valence-corrected chi connectivity index (χ4v) is 2.04. The molecular formula is C14H19NO. The molecule has 0 bridgehead atoms. The summed E-state index contributed by atoms with van der Waals surface area (Å²) in [7, 11) is 1.81. The highest BCUT2D eigenvalue weighted by atomic mass is 16.1.